The summed E-state index contributed by atoms with van der Waals surface area (Å²) in [5.41, 5.74) is 1.74. The van der Waals surface area contributed by atoms with Gasteiger partial charge in [0.1, 0.15) is 5.60 Å². The molecule has 5 heteroatoms. The van der Waals surface area contributed by atoms with Gasteiger partial charge in [0.05, 0.1) is 5.69 Å². The van der Waals surface area contributed by atoms with Crippen LogP contribution in [0.4, 0.5) is 4.79 Å². The highest BCUT2D eigenvalue weighted by Gasteiger charge is 2.15. The molecule has 1 rings (SSSR count). The third-order valence-electron chi connectivity index (χ3n) is 2.48. The molecule has 1 amide bonds. The lowest BCUT2D eigenvalue weighted by atomic mass is 10.2. The lowest BCUT2D eigenvalue weighted by Crippen LogP contribution is -2.33. The zero-order valence-electron chi connectivity index (χ0n) is 12.8. The van der Waals surface area contributed by atoms with Gasteiger partial charge in [0.15, 0.2) is 0 Å². The van der Waals surface area contributed by atoms with Crippen molar-refractivity contribution in [2.75, 3.05) is 13.1 Å². The Morgan fingerprint density at radius 1 is 1.30 bits per heavy atom. The van der Waals surface area contributed by atoms with Crippen molar-refractivity contribution in [1.82, 2.24) is 15.6 Å². The van der Waals surface area contributed by atoms with E-state index in [1.807, 2.05) is 46.0 Å². The van der Waals surface area contributed by atoms with Gasteiger partial charge < -0.3 is 15.4 Å². The van der Waals surface area contributed by atoms with Gasteiger partial charge in [0.2, 0.25) is 0 Å². The van der Waals surface area contributed by atoms with Crippen molar-refractivity contribution >= 4 is 6.09 Å². The zero-order valence-corrected chi connectivity index (χ0v) is 12.8. The number of amides is 1. The van der Waals surface area contributed by atoms with Crippen molar-refractivity contribution in [2.45, 2.75) is 46.3 Å². The Kier molecular flexibility index (Phi) is 6.45. The fraction of sp³-hybridized carbons (Fsp3) is 0.600. The van der Waals surface area contributed by atoms with E-state index in [9.17, 15) is 4.79 Å². The minimum Gasteiger partial charge on any atom is -0.444 e. The third-order valence-corrected chi connectivity index (χ3v) is 2.48. The molecule has 5 nitrogen and oxygen atoms in total. The van der Waals surface area contributed by atoms with Gasteiger partial charge in [-0.1, -0.05) is 6.07 Å². The van der Waals surface area contributed by atoms with Crippen LogP contribution in [0.15, 0.2) is 18.3 Å². The lowest BCUT2D eigenvalue weighted by Gasteiger charge is -2.19. The summed E-state index contributed by atoms with van der Waals surface area (Å²) in [5.74, 6) is 0. The second kappa shape index (κ2) is 7.85. The van der Waals surface area contributed by atoms with Crippen LogP contribution in [-0.2, 0) is 11.3 Å². The number of ether oxygens (including phenoxy) is 1. The summed E-state index contributed by atoms with van der Waals surface area (Å²) >= 11 is 0. The molecule has 0 saturated heterocycles. The molecule has 1 aromatic heterocycles. The molecular formula is C15H25N3O2. The number of aryl methyl sites for hydroxylation is 1. The van der Waals surface area contributed by atoms with Crippen LogP contribution in [0, 0.1) is 6.92 Å². The van der Waals surface area contributed by atoms with E-state index >= 15 is 0 Å². The normalized spacial score (nSPS) is 11.2. The Balaban J connectivity index is 2.05. The summed E-state index contributed by atoms with van der Waals surface area (Å²) in [6.07, 6.45) is 2.35. The standard InChI is InChI=1S/C15H25N3O2/c1-12-6-7-13(18-10-12)11-16-8-5-9-17-14(19)20-15(2,3)4/h6-7,10,16H,5,8-9,11H2,1-4H3,(H,17,19). The minimum absolute atomic E-state index is 0.363. The number of alkyl carbamates (subject to hydrolysis) is 1. The van der Waals surface area contributed by atoms with Gasteiger partial charge in [-0.15, -0.1) is 0 Å². The first kappa shape index (κ1) is 16.4. The zero-order chi connectivity index (χ0) is 15.0. The Bertz CT molecular complexity index is 410. The quantitative estimate of drug-likeness (QED) is 0.785. The van der Waals surface area contributed by atoms with Gasteiger partial charge in [-0.2, -0.15) is 0 Å². The van der Waals surface area contributed by atoms with E-state index in [0.29, 0.717) is 6.54 Å². The Morgan fingerprint density at radius 3 is 2.65 bits per heavy atom. The topological polar surface area (TPSA) is 63.2 Å². The molecule has 0 aliphatic rings. The van der Waals surface area contributed by atoms with Gasteiger partial charge >= 0.3 is 6.09 Å². The van der Waals surface area contributed by atoms with Crippen LogP contribution in [0.25, 0.3) is 0 Å². The molecule has 1 aromatic rings. The van der Waals surface area contributed by atoms with E-state index in [-0.39, 0.29) is 6.09 Å². The molecule has 0 aromatic carbocycles. The first-order chi connectivity index (χ1) is 9.37. The number of nitrogens with one attached hydrogen (secondary N) is 2. The minimum atomic E-state index is -0.445. The van der Waals surface area contributed by atoms with Crippen molar-refractivity contribution in [3.8, 4) is 0 Å². The van der Waals surface area contributed by atoms with E-state index in [1.165, 1.54) is 0 Å². The van der Waals surface area contributed by atoms with Crippen LogP contribution in [-0.4, -0.2) is 29.8 Å². The first-order valence-corrected chi connectivity index (χ1v) is 6.96. The number of carbonyl (C=O) groups is 1. The maximum atomic E-state index is 11.4. The Labute approximate surface area is 121 Å². The molecule has 112 valence electrons. The maximum absolute atomic E-state index is 11.4. The fourth-order valence-electron chi connectivity index (χ4n) is 1.54. The number of rotatable bonds is 6. The molecule has 0 fully saturated rings. The monoisotopic (exact) mass is 279 g/mol. The van der Waals surface area contributed by atoms with Gasteiger partial charge in [0, 0.05) is 19.3 Å². The molecule has 0 unspecified atom stereocenters. The van der Waals surface area contributed by atoms with Gasteiger partial charge in [0.25, 0.3) is 0 Å². The SMILES string of the molecule is Cc1ccc(CNCCCNC(=O)OC(C)(C)C)nc1. The van der Waals surface area contributed by atoms with Gasteiger partial charge in [-0.3, -0.25) is 4.98 Å². The number of hydrogen-bond acceptors (Lipinski definition) is 4. The van der Waals surface area contributed by atoms with E-state index in [0.717, 1.165) is 30.8 Å². The molecule has 0 atom stereocenters. The number of carbonyl (C=O) groups excluding carboxylic acids is 1. The molecular weight excluding hydrogens is 254 g/mol. The Morgan fingerprint density at radius 2 is 2.05 bits per heavy atom. The summed E-state index contributed by atoms with van der Waals surface area (Å²) < 4.78 is 5.14. The van der Waals surface area contributed by atoms with Crippen molar-refractivity contribution in [2.24, 2.45) is 0 Å². The molecule has 0 aliphatic carbocycles. The lowest BCUT2D eigenvalue weighted by molar-refractivity contribution is 0.0527. The van der Waals surface area contributed by atoms with Gasteiger partial charge in [-0.05, 0) is 52.3 Å². The molecule has 0 aliphatic heterocycles. The van der Waals surface area contributed by atoms with Gasteiger partial charge in [-0.25, -0.2) is 4.79 Å². The van der Waals surface area contributed by atoms with Crippen LogP contribution >= 0.6 is 0 Å². The molecule has 0 saturated carbocycles. The van der Waals surface area contributed by atoms with E-state index in [1.54, 1.807) is 0 Å². The van der Waals surface area contributed by atoms with Crippen LogP contribution in [0.1, 0.15) is 38.4 Å². The largest absolute Gasteiger partial charge is 0.444 e. The molecule has 0 spiro atoms. The third kappa shape index (κ3) is 7.74. The molecule has 20 heavy (non-hydrogen) atoms. The predicted molar refractivity (Wildman–Crippen MR) is 79.5 cm³/mol. The van der Waals surface area contributed by atoms with Crippen molar-refractivity contribution < 1.29 is 9.53 Å². The Hall–Kier alpha value is -1.62. The first-order valence-electron chi connectivity index (χ1n) is 6.96. The highest BCUT2D eigenvalue weighted by Crippen LogP contribution is 2.06. The highest BCUT2D eigenvalue weighted by atomic mass is 16.6. The highest BCUT2D eigenvalue weighted by molar-refractivity contribution is 5.67. The van der Waals surface area contributed by atoms with E-state index in [4.69, 9.17) is 4.74 Å². The number of nitrogens with zero attached hydrogens (tertiary/aromatic N) is 1. The van der Waals surface area contributed by atoms with Crippen LogP contribution in [0.5, 0.6) is 0 Å². The summed E-state index contributed by atoms with van der Waals surface area (Å²) in [5, 5.41) is 6.02. The fourth-order valence-corrected chi connectivity index (χ4v) is 1.54. The second-order valence-corrected chi connectivity index (χ2v) is 5.79. The molecule has 2 N–H and O–H groups in total. The number of pyridine rings is 1. The molecule has 0 bridgehead atoms. The number of hydrogen-bond donors (Lipinski definition) is 2. The van der Waals surface area contributed by atoms with E-state index < -0.39 is 5.60 Å². The summed E-state index contributed by atoms with van der Waals surface area (Å²) in [6, 6.07) is 4.06. The van der Waals surface area contributed by atoms with Crippen LogP contribution in [0.2, 0.25) is 0 Å². The summed E-state index contributed by atoms with van der Waals surface area (Å²) in [7, 11) is 0. The number of aromatic nitrogens is 1. The van der Waals surface area contributed by atoms with Crippen molar-refractivity contribution in [1.29, 1.82) is 0 Å². The molecule has 1 heterocycles. The average molecular weight is 279 g/mol. The van der Waals surface area contributed by atoms with Crippen molar-refractivity contribution in [3.63, 3.8) is 0 Å². The summed E-state index contributed by atoms with van der Waals surface area (Å²) in [6.45, 7) is 9.74. The predicted octanol–water partition coefficient (Wildman–Crippen LogP) is 2.39. The van der Waals surface area contributed by atoms with E-state index in [2.05, 4.69) is 15.6 Å². The average Bonchev–Trinajstić information content (AvgIpc) is 2.33. The smallest absolute Gasteiger partial charge is 0.407 e. The molecule has 0 radical (unpaired) electrons. The second-order valence-electron chi connectivity index (χ2n) is 5.79. The van der Waals surface area contributed by atoms with Crippen LogP contribution in [0.3, 0.4) is 0 Å². The maximum Gasteiger partial charge on any atom is 0.407 e. The van der Waals surface area contributed by atoms with Crippen molar-refractivity contribution in [3.05, 3.63) is 29.6 Å². The summed E-state index contributed by atoms with van der Waals surface area (Å²) in [4.78, 5) is 15.7. The van der Waals surface area contributed by atoms with Crippen LogP contribution < -0.4 is 10.6 Å².